The molecule has 0 atom stereocenters. The number of halogens is 4. The van der Waals surface area contributed by atoms with Crippen LogP contribution in [0.1, 0.15) is 15.9 Å². The van der Waals surface area contributed by atoms with Crippen LogP contribution in [0.4, 0.5) is 18.9 Å². The van der Waals surface area contributed by atoms with Crippen LogP contribution in [0.5, 0.6) is 5.75 Å². The summed E-state index contributed by atoms with van der Waals surface area (Å²) in [6.45, 7) is 4.25. The Morgan fingerprint density at radius 1 is 1.03 bits per heavy atom. The summed E-state index contributed by atoms with van der Waals surface area (Å²) in [4.78, 5) is 27.8. The topological polar surface area (TPSA) is 67.9 Å². The lowest BCUT2D eigenvalue weighted by Crippen LogP contribution is -2.38. The van der Waals surface area contributed by atoms with Gasteiger partial charge in [0.05, 0.1) is 18.8 Å². The second kappa shape index (κ2) is 10.8. The van der Waals surface area contributed by atoms with Crippen molar-refractivity contribution in [3.63, 3.8) is 0 Å². The van der Waals surface area contributed by atoms with Crippen molar-refractivity contribution < 1.29 is 32.2 Å². The van der Waals surface area contributed by atoms with E-state index in [0.717, 1.165) is 25.7 Å². The molecule has 4 rings (SSSR count). The monoisotopic (exact) mass is 550 g/mol. The summed E-state index contributed by atoms with van der Waals surface area (Å²) in [5.41, 5.74) is -0.954. The first-order valence-corrected chi connectivity index (χ1v) is 11.7. The molecular weight excluding hydrogens is 529 g/mol. The van der Waals surface area contributed by atoms with Gasteiger partial charge in [-0.25, -0.2) is 0 Å². The van der Waals surface area contributed by atoms with Gasteiger partial charge in [-0.1, -0.05) is 40.2 Å². The molecule has 3 aromatic rings. The van der Waals surface area contributed by atoms with Crippen molar-refractivity contribution in [3.8, 4) is 5.75 Å². The molecule has 0 aromatic heterocycles. The fourth-order valence-corrected chi connectivity index (χ4v) is 4.31. The van der Waals surface area contributed by atoms with Crippen LogP contribution in [-0.2, 0) is 15.7 Å². The Morgan fingerprint density at radius 3 is 2.46 bits per heavy atom. The Hall–Kier alpha value is -2.95. The average Bonchev–Trinajstić information content (AvgIpc) is 2.85. The number of nitrogens with one attached hydrogen (secondary N) is 1. The standard InChI is InChI=1S/C25H22BrF3N2O4/c26-21-7-5-16(15-20(21)25(27,28)29)30-24(33)23(32)19-6-8-22(18-4-2-1-3-17(18)19)35-14-11-31-9-12-34-13-10-31/h1-8,15H,9-14H2,(H,30,33). The molecule has 0 unspecified atom stereocenters. The lowest BCUT2D eigenvalue weighted by molar-refractivity contribution is -0.138. The Bertz CT molecular complexity index is 1240. The number of rotatable bonds is 7. The van der Waals surface area contributed by atoms with Gasteiger partial charge in [0.2, 0.25) is 0 Å². The first-order valence-electron chi connectivity index (χ1n) is 10.9. The van der Waals surface area contributed by atoms with Crippen molar-refractivity contribution in [1.82, 2.24) is 4.90 Å². The van der Waals surface area contributed by atoms with Crippen LogP contribution in [0.3, 0.4) is 0 Å². The van der Waals surface area contributed by atoms with Crippen molar-refractivity contribution in [2.24, 2.45) is 0 Å². The third-order valence-electron chi connectivity index (χ3n) is 5.63. The van der Waals surface area contributed by atoms with Gasteiger partial charge in [0, 0.05) is 40.7 Å². The molecule has 1 N–H and O–H groups in total. The van der Waals surface area contributed by atoms with E-state index in [2.05, 4.69) is 26.1 Å². The Balaban J connectivity index is 1.51. The van der Waals surface area contributed by atoms with Gasteiger partial charge >= 0.3 is 6.18 Å². The van der Waals surface area contributed by atoms with Gasteiger partial charge in [-0.3, -0.25) is 14.5 Å². The number of morpholine rings is 1. The number of Topliss-reactive ketones (excluding diaryl/α,β-unsaturated/α-hetero) is 1. The van der Waals surface area contributed by atoms with E-state index < -0.39 is 23.4 Å². The quantitative estimate of drug-likeness (QED) is 0.325. The summed E-state index contributed by atoms with van der Waals surface area (Å²) in [5.74, 6) is -1.32. The number of hydrogen-bond donors (Lipinski definition) is 1. The van der Waals surface area contributed by atoms with E-state index in [0.29, 0.717) is 36.3 Å². The Kier molecular flexibility index (Phi) is 7.73. The molecule has 10 heteroatoms. The molecule has 1 heterocycles. The largest absolute Gasteiger partial charge is 0.492 e. The minimum Gasteiger partial charge on any atom is -0.492 e. The molecule has 1 saturated heterocycles. The minimum atomic E-state index is -4.61. The highest BCUT2D eigenvalue weighted by atomic mass is 79.9. The van der Waals surface area contributed by atoms with E-state index in [1.165, 1.54) is 18.2 Å². The second-order valence-corrected chi connectivity index (χ2v) is 8.79. The first kappa shape index (κ1) is 25.2. The number of amides is 1. The van der Waals surface area contributed by atoms with Crippen LogP contribution in [-0.4, -0.2) is 56.0 Å². The van der Waals surface area contributed by atoms with Gasteiger partial charge in [-0.15, -0.1) is 0 Å². The van der Waals surface area contributed by atoms with Crippen LogP contribution in [0.25, 0.3) is 10.8 Å². The van der Waals surface area contributed by atoms with Gasteiger partial charge < -0.3 is 14.8 Å². The average molecular weight is 551 g/mol. The number of carbonyl (C=O) groups is 2. The van der Waals surface area contributed by atoms with Crippen LogP contribution < -0.4 is 10.1 Å². The molecule has 0 radical (unpaired) electrons. The smallest absolute Gasteiger partial charge is 0.417 e. The summed E-state index contributed by atoms with van der Waals surface area (Å²) in [6.07, 6.45) is -4.61. The van der Waals surface area contributed by atoms with Gasteiger partial charge in [-0.05, 0) is 35.7 Å². The number of ether oxygens (including phenoxy) is 2. The maximum absolute atomic E-state index is 13.2. The summed E-state index contributed by atoms with van der Waals surface area (Å²) in [5, 5.41) is 3.45. The summed E-state index contributed by atoms with van der Waals surface area (Å²) in [6, 6.07) is 13.4. The molecule has 184 valence electrons. The normalized spacial score (nSPS) is 14.6. The molecular formula is C25H22BrF3N2O4. The highest BCUT2D eigenvalue weighted by molar-refractivity contribution is 9.10. The Labute approximate surface area is 208 Å². The molecule has 1 aliphatic heterocycles. The van der Waals surface area contributed by atoms with E-state index in [4.69, 9.17) is 9.47 Å². The number of benzene rings is 3. The van der Waals surface area contributed by atoms with E-state index in [9.17, 15) is 22.8 Å². The van der Waals surface area contributed by atoms with Crippen molar-refractivity contribution in [3.05, 3.63) is 70.2 Å². The van der Waals surface area contributed by atoms with E-state index in [-0.39, 0.29) is 15.7 Å². The van der Waals surface area contributed by atoms with Crippen LogP contribution in [0.2, 0.25) is 0 Å². The Morgan fingerprint density at radius 2 is 1.74 bits per heavy atom. The fraction of sp³-hybridized carbons (Fsp3) is 0.280. The molecule has 35 heavy (non-hydrogen) atoms. The van der Waals surface area contributed by atoms with Gasteiger partial charge in [0.15, 0.2) is 0 Å². The highest BCUT2D eigenvalue weighted by Gasteiger charge is 2.33. The van der Waals surface area contributed by atoms with Crippen molar-refractivity contribution in [1.29, 1.82) is 0 Å². The predicted molar refractivity (Wildman–Crippen MR) is 129 cm³/mol. The maximum atomic E-state index is 13.2. The lowest BCUT2D eigenvalue weighted by Gasteiger charge is -2.26. The number of fused-ring (bicyclic) bond motifs is 1. The van der Waals surface area contributed by atoms with Crippen LogP contribution in [0.15, 0.2) is 59.1 Å². The third kappa shape index (κ3) is 6.01. The third-order valence-corrected chi connectivity index (χ3v) is 6.32. The highest BCUT2D eigenvalue weighted by Crippen LogP contribution is 2.36. The molecule has 1 aliphatic rings. The van der Waals surface area contributed by atoms with Crippen molar-refractivity contribution >= 4 is 44.1 Å². The molecule has 1 fully saturated rings. The second-order valence-electron chi connectivity index (χ2n) is 7.93. The zero-order chi connectivity index (χ0) is 25.0. The zero-order valence-corrected chi connectivity index (χ0v) is 20.1. The number of hydrogen-bond acceptors (Lipinski definition) is 5. The SMILES string of the molecule is O=C(Nc1ccc(Br)c(C(F)(F)F)c1)C(=O)c1ccc(OCCN2CCOCC2)c2ccccc12. The molecule has 0 bridgehead atoms. The number of nitrogens with zero attached hydrogens (tertiary/aromatic N) is 1. The van der Waals surface area contributed by atoms with Gasteiger partial charge in [-0.2, -0.15) is 13.2 Å². The molecule has 6 nitrogen and oxygen atoms in total. The van der Waals surface area contributed by atoms with Gasteiger partial charge in [0.25, 0.3) is 11.7 Å². The van der Waals surface area contributed by atoms with Crippen LogP contribution in [0, 0.1) is 0 Å². The fourth-order valence-electron chi connectivity index (χ4n) is 3.84. The number of anilines is 1. The summed E-state index contributed by atoms with van der Waals surface area (Å²) >= 11 is 2.85. The number of ketones is 1. The molecule has 0 spiro atoms. The van der Waals surface area contributed by atoms with E-state index in [1.54, 1.807) is 30.3 Å². The van der Waals surface area contributed by atoms with Crippen LogP contribution >= 0.6 is 15.9 Å². The minimum absolute atomic E-state index is 0.131. The summed E-state index contributed by atoms with van der Waals surface area (Å²) < 4.78 is 50.6. The first-order chi connectivity index (χ1) is 16.7. The van der Waals surface area contributed by atoms with E-state index in [1.807, 2.05) is 0 Å². The molecule has 1 amide bonds. The van der Waals surface area contributed by atoms with Crippen molar-refractivity contribution in [2.45, 2.75) is 6.18 Å². The number of carbonyl (C=O) groups excluding carboxylic acids is 2. The van der Waals surface area contributed by atoms with Gasteiger partial charge in [0.1, 0.15) is 12.4 Å². The molecule has 3 aromatic carbocycles. The van der Waals surface area contributed by atoms with E-state index >= 15 is 0 Å². The molecule has 0 saturated carbocycles. The lowest BCUT2D eigenvalue weighted by atomic mass is 10.00. The predicted octanol–water partition coefficient (Wildman–Crippen LogP) is 5.15. The number of alkyl halides is 3. The molecule has 0 aliphatic carbocycles. The summed E-state index contributed by atoms with van der Waals surface area (Å²) in [7, 11) is 0. The van der Waals surface area contributed by atoms with Crippen molar-refractivity contribution in [2.75, 3.05) is 44.8 Å². The zero-order valence-electron chi connectivity index (χ0n) is 18.5. The maximum Gasteiger partial charge on any atom is 0.417 e.